The van der Waals surface area contributed by atoms with Gasteiger partial charge in [0.1, 0.15) is 6.17 Å². The number of imide groups is 1. The molecule has 0 bridgehead atoms. The molecule has 2 aliphatic heterocycles. The number of nitrogens with one attached hydrogen (secondary N) is 3. The van der Waals surface area contributed by atoms with E-state index in [2.05, 4.69) is 16.0 Å². The first-order valence-corrected chi connectivity index (χ1v) is 9.74. The normalized spacial score (nSPS) is 27.3. The maximum atomic E-state index is 13.2. The summed E-state index contributed by atoms with van der Waals surface area (Å²) in [6, 6.07) is 2.62. The molecule has 3 unspecified atom stereocenters. The number of aromatic hydroxyl groups is 1. The number of methoxy groups -OCH3 is 2. The van der Waals surface area contributed by atoms with Crippen molar-refractivity contribution in [1.29, 1.82) is 0 Å². The smallest absolute Gasteiger partial charge is 0.323 e. The predicted octanol–water partition coefficient (Wildman–Crippen LogP) is 1.52. The summed E-state index contributed by atoms with van der Waals surface area (Å²) in [5, 5.41) is 18.6. The van der Waals surface area contributed by atoms with Crippen molar-refractivity contribution >= 4 is 17.7 Å². The van der Waals surface area contributed by atoms with Crippen LogP contribution in [0, 0.1) is 11.3 Å². The average Bonchev–Trinajstić information content (AvgIpc) is 2.65. The number of hydrogen-bond donors (Lipinski definition) is 4. The second kappa shape index (κ2) is 6.93. The van der Waals surface area contributed by atoms with E-state index in [4.69, 9.17) is 9.47 Å². The number of fused-ring (bicyclic) bond motifs is 1. The maximum absolute atomic E-state index is 13.2. The Morgan fingerprint density at radius 3 is 2.27 bits per heavy atom. The highest BCUT2D eigenvalue weighted by molar-refractivity contribution is 6.04. The molecule has 3 amide bonds. The van der Waals surface area contributed by atoms with Gasteiger partial charge >= 0.3 is 6.03 Å². The molecule has 3 aliphatic rings. The van der Waals surface area contributed by atoms with E-state index in [-0.39, 0.29) is 28.4 Å². The third-order valence-corrected chi connectivity index (χ3v) is 5.97. The van der Waals surface area contributed by atoms with Gasteiger partial charge in [-0.15, -0.1) is 0 Å². The van der Waals surface area contributed by atoms with Crippen molar-refractivity contribution < 1.29 is 29.0 Å². The lowest BCUT2D eigenvalue weighted by Crippen LogP contribution is -2.66. The lowest BCUT2D eigenvalue weighted by Gasteiger charge is -2.46. The van der Waals surface area contributed by atoms with Crippen LogP contribution in [0.25, 0.3) is 0 Å². The second-order valence-corrected chi connectivity index (χ2v) is 8.70. The van der Waals surface area contributed by atoms with Crippen LogP contribution in [-0.4, -0.2) is 43.2 Å². The maximum Gasteiger partial charge on any atom is 0.323 e. The van der Waals surface area contributed by atoms with E-state index < -0.39 is 29.9 Å². The zero-order chi connectivity index (χ0) is 21.8. The molecule has 160 valence electrons. The van der Waals surface area contributed by atoms with Crippen LogP contribution in [0.3, 0.4) is 0 Å². The summed E-state index contributed by atoms with van der Waals surface area (Å²) in [4.78, 5) is 38.0. The molecule has 1 aromatic carbocycles. The van der Waals surface area contributed by atoms with Gasteiger partial charge in [0, 0.05) is 23.6 Å². The van der Waals surface area contributed by atoms with E-state index in [1.54, 1.807) is 12.1 Å². The SMILES string of the molecule is COc1cc(C2C3=C(CC(C)(C)CC3=O)NC3NC(=O)NC(=O)C32)cc(OC)c1O. The third-order valence-electron chi connectivity index (χ3n) is 5.97. The Morgan fingerprint density at radius 2 is 1.67 bits per heavy atom. The van der Waals surface area contributed by atoms with Crippen LogP contribution in [0.1, 0.15) is 38.2 Å². The molecule has 4 N–H and O–H groups in total. The summed E-state index contributed by atoms with van der Waals surface area (Å²) in [6.07, 6.45) is 0.293. The highest BCUT2D eigenvalue weighted by Gasteiger charge is 2.51. The number of phenols is 1. The van der Waals surface area contributed by atoms with Gasteiger partial charge in [0.05, 0.1) is 20.1 Å². The van der Waals surface area contributed by atoms with Crippen LogP contribution < -0.4 is 25.4 Å². The molecule has 9 nitrogen and oxygen atoms in total. The van der Waals surface area contributed by atoms with E-state index in [1.807, 2.05) is 13.8 Å². The van der Waals surface area contributed by atoms with Gasteiger partial charge in [-0.2, -0.15) is 0 Å². The Kier molecular flexibility index (Phi) is 4.63. The largest absolute Gasteiger partial charge is 0.502 e. The minimum atomic E-state index is -0.759. The Morgan fingerprint density at radius 1 is 1.03 bits per heavy atom. The molecule has 1 saturated heterocycles. The van der Waals surface area contributed by atoms with Crippen molar-refractivity contribution in [3.8, 4) is 17.2 Å². The van der Waals surface area contributed by atoms with Crippen molar-refractivity contribution in [2.24, 2.45) is 11.3 Å². The fourth-order valence-corrected chi connectivity index (χ4v) is 4.74. The van der Waals surface area contributed by atoms with Gasteiger partial charge in [-0.25, -0.2) is 4.79 Å². The predicted molar refractivity (Wildman–Crippen MR) is 106 cm³/mol. The van der Waals surface area contributed by atoms with Crippen LogP contribution in [0.15, 0.2) is 23.4 Å². The first-order valence-electron chi connectivity index (χ1n) is 9.74. The van der Waals surface area contributed by atoms with Crippen molar-refractivity contribution in [3.63, 3.8) is 0 Å². The molecule has 0 radical (unpaired) electrons. The molecule has 1 aliphatic carbocycles. The summed E-state index contributed by atoms with van der Waals surface area (Å²) >= 11 is 0. The number of phenolic OH excluding ortho intramolecular Hbond substituents is 1. The van der Waals surface area contributed by atoms with Crippen molar-refractivity contribution in [2.75, 3.05) is 14.2 Å². The Balaban J connectivity index is 1.93. The van der Waals surface area contributed by atoms with Gasteiger partial charge in [-0.05, 0) is 29.5 Å². The molecule has 2 heterocycles. The number of ether oxygens (including phenoxy) is 2. The number of ketones is 1. The lowest BCUT2D eigenvalue weighted by atomic mass is 9.66. The standard InChI is InChI=1S/C21H25N3O6/c1-21(2)7-10-15(11(25)8-21)14(16-18(22-10)23-20(28)24-19(16)27)9-5-12(29-3)17(26)13(6-9)30-4/h5-6,14,16,18,22,26H,7-8H2,1-4H3,(H2,23,24,27,28). The number of allylic oxidation sites excluding steroid dienone is 2. The molecule has 9 heteroatoms. The molecule has 3 atom stereocenters. The minimum Gasteiger partial charge on any atom is -0.502 e. The zero-order valence-electron chi connectivity index (χ0n) is 17.3. The van der Waals surface area contributed by atoms with Crippen LogP contribution in [0.2, 0.25) is 0 Å². The summed E-state index contributed by atoms with van der Waals surface area (Å²) in [6.45, 7) is 4.02. The topological polar surface area (TPSA) is 126 Å². The molecular formula is C21H25N3O6. The van der Waals surface area contributed by atoms with Gasteiger partial charge in [-0.1, -0.05) is 13.8 Å². The molecule has 1 aromatic rings. The van der Waals surface area contributed by atoms with Gasteiger partial charge < -0.3 is 25.2 Å². The first kappa shape index (κ1) is 20.1. The molecule has 1 fully saturated rings. The first-order chi connectivity index (χ1) is 14.1. The highest BCUT2D eigenvalue weighted by Crippen LogP contribution is 2.49. The van der Waals surface area contributed by atoms with E-state index in [1.165, 1.54) is 14.2 Å². The number of rotatable bonds is 3. The van der Waals surface area contributed by atoms with Crippen molar-refractivity contribution in [1.82, 2.24) is 16.0 Å². The highest BCUT2D eigenvalue weighted by atomic mass is 16.5. The molecule has 0 spiro atoms. The molecule has 4 rings (SSSR count). The molecule has 0 saturated carbocycles. The number of hydrogen-bond acceptors (Lipinski definition) is 7. The van der Waals surface area contributed by atoms with Crippen LogP contribution >= 0.6 is 0 Å². The number of Topliss-reactive ketones (excluding diaryl/α,β-unsaturated/α-hetero) is 1. The summed E-state index contributed by atoms with van der Waals surface area (Å²) in [5.74, 6) is -1.74. The summed E-state index contributed by atoms with van der Waals surface area (Å²) in [7, 11) is 2.83. The summed E-state index contributed by atoms with van der Waals surface area (Å²) < 4.78 is 10.6. The van der Waals surface area contributed by atoms with Gasteiger partial charge in [0.15, 0.2) is 17.3 Å². The number of urea groups is 1. The molecular weight excluding hydrogens is 390 g/mol. The van der Waals surface area contributed by atoms with E-state index in [9.17, 15) is 19.5 Å². The number of amides is 3. The Hall–Kier alpha value is -3.23. The van der Waals surface area contributed by atoms with Crippen molar-refractivity contribution in [3.05, 3.63) is 29.0 Å². The fourth-order valence-electron chi connectivity index (χ4n) is 4.74. The molecule has 0 aromatic heterocycles. The van der Waals surface area contributed by atoms with Gasteiger partial charge in [0.2, 0.25) is 11.7 Å². The number of carbonyl (C=O) groups excluding carboxylic acids is 3. The Bertz CT molecular complexity index is 958. The van der Waals surface area contributed by atoms with Crippen molar-refractivity contribution in [2.45, 2.75) is 38.8 Å². The van der Waals surface area contributed by atoms with Gasteiger partial charge in [0.25, 0.3) is 0 Å². The average molecular weight is 415 g/mol. The van der Waals surface area contributed by atoms with Crippen LogP contribution in [0.4, 0.5) is 4.79 Å². The monoisotopic (exact) mass is 415 g/mol. The Labute approximate surface area is 173 Å². The van der Waals surface area contributed by atoms with Crippen LogP contribution in [0.5, 0.6) is 17.2 Å². The number of benzene rings is 1. The fraction of sp³-hybridized carbons (Fsp3) is 0.476. The number of carbonyl (C=O) groups is 3. The second-order valence-electron chi connectivity index (χ2n) is 8.70. The van der Waals surface area contributed by atoms with E-state index in [0.717, 1.165) is 5.70 Å². The van der Waals surface area contributed by atoms with Gasteiger partial charge in [-0.3, -0.25) is 14.9 Å². The van der Waals surface area contributed by atoms with Crippen LogP contribution in [-0.2, 0) is 9.59 Å². The quantitative estimate of drug-likeness (QED) is 0.590. The lowest BCUT2D eigenvalue weighted by molar-refractivity contribution is -0.127. The zero-order valence-corrected chi connectivity index (χ0v) is 17.3. The van der Waals surface area contributed by atoms with E-state index >= 15 is 0 Å². The summed E-state index contributed by atoms with van der Waals surface area (Å²) in [5.41, 5.74) is 1.59. The molecule has 30 heavy (non-hydrogen) atoms. The minimum absolute atomic E-state index is 0.0482. The van der Waals surface area contributed by atoms with E-state index in [0.29, 0.717) is 24.0 Å². The third kappa shape index (κ3) is 3.14.